The molecule has 1 aliphatic rings. The van der Waals surface area contributed by atoms with Crippen molar-refractivity contribution < 1.29 is 27.0 Å². The van der Waals surface area contributed by atoms with Gasteiger partial charge in [0.2, 0.25) is 5.95 Å². The van der Waals surface area contributed by atoms with Crippen LogP contribution in [-0.2, 0) is 16.4 Å². The van der Waals surface area contributed by atoms with Gasteiger partial charge in [-0.15, -0.1) is 0 Å². The Morgan fingerprint density at radius 1 is 1.19 bits per heavy atom. The van der Waals surface area contributed by atoms with E-state index in [2.05, 4.69) is 24.9 Å². The van der Waals surface area contributed by atoms with Crippen molar-refractivity contribution in [1.29, 1.82) is 0 Å². The van der Waals surface area contributed by atoms with Crippen LogP contribution in [0.15, 0.2) is 47.5 Å². The van der Waals surface area contributed by atoms with Crippen molar-refractivity contribution in [1.82, 2.24) is 14.9 Å². The fourth-order valence-electron chi connectivity index (χ4n) is 5.06. The van der Waals surface area contributed by atoms with Crippen LogP contribution in [0.25, 0.3) is 22.0 Å². The minimum Gasteiger partial charge on any atom is -0.494 e. The molecule has 3 N–H and O–H groups in total. The fraction of sp³-hybridized carbons (Fsp3) is 0.310. The quantitative estimate of drug-likeness (QED) is 0.203. The number of aromatic nitrogens is 2. The second kappa shape index (κ2) is 12.0. The number of nitrogens with one attached hydrogen (secondary N) is 2. The predicted molar refractivity (Wildman–Crippen MR) is 159 cm³/mol. The summed E-state index contributed by atoms with van der Waals surface area (Å²) in [7, 11) is 1.05. The van der Waals surface area contributed by atoms with Crippen molar-refractivity contribution in [2.45, 2.75) is 30.3 Å². The number of halogens is 3. The molecule has 0 fully saturated rings. The van der Waals surface area contributed by atoms with Crippen LogP contribution in [0.4, 0.5) is 20.4 Å². The lowest BCUT2D eigenvalue weighted by atomic mass is 10.0. The highest BCUT2D eigenvalue weighted by molar-refractivity contribution is 7.92. The highest BCUT2D eigenvalue weighted by Gasteiger charge is 2.30. The number of rotatable bonds is 10. The molecule has 1 aromatic heterocycles. The third-order valence-corrected chi connectivity index (χ3v) is 8.73. The summed E-state index contributed by atoms with van der Waals surface area (Å²) in [6.45, 7) is 1.55. The zero-order chi connectivity index (χ0) is 30.2. The van der Waals surface area contributed by atoms with Gasteiger partial charge in [-0.2, -0.15) is 0 Å². The molecule has 1 aliphatic carbocycles. The molecule has 0 saturated carbocycles. The number of anilines is 2. The van der Waals surface area contributed by atoms with E-state index in [-0.39, 0.29) is 21.2 Å². The van der Waals surface area contributed by atoms with Gasteiger partial charge in [0.25, 0.3) is 10.0 Å². The molecule has 0 bridgehead atoms. The standard InChI is InChI=1S/C29H30ClF2N5O4S/c1-37(2)10-4-9-33-29-34-15-17-11-16(12-24(41-3)28(17)35-29)26-21(31)6-7-22(27(26)32)36-42(39,40)25-14-18(30)13-20-19(25)5-8-23(20)38/h6-7,11-15,23,36,38H,4-5,8-10H2,1-3H3,(H,33,34,35). The van der Waals surface area contributed by atoms with E-state index in [1.165, 1.54) is 37.6 Å². The third-order valence-electron chi connectivity index (χ3n) is 7.08. The first-order valence-electron chi connectivity index (χ1n) is 13.2. The normalized spacial score (nSPS) is 14.8. The average Bonchev–Trinajstić information content (AvgIpc) is 3.31. The number of benzene rings is 3. The topological polar surface area (TPSA) is 117 Å². The number of ether oxygens (including phenoxy) is 1. The average molecular weight is 618 g/mol. The van der Waals surface area contributed by atoms with E-state index in [0.29, 0.717) is 47.4 Å². The van der Waals surface area contributed by atoms with Crippen LogP contribution in [0.5, 0.6) is 5.75 Å². The van der Waals surface area contributed by atoms with Crippen molar-refractivity contribution in [2.24, 2.45) is 0 Å². The van der Waals surface area contributed by atoms with E-state index < -0.39 is 39.0 Å². The lowest BCUT2D eigenvalue weighted by Crippen LogP contribution is -2.17. The van der Waals surface area contributed by atoms with E-state index in [0.717, 1.165) is 25.1 Å². The maximum atomic E-state index is 15.9. The summed E-state index contributed by atoms with van der Waals surface area (Å²) in [6, 6.07) is 7.72. The Morgan fingerprint density at radius 2 is 1.98 bits per heavy atom. The second-order valence-corrected chi connectivity index (χ2v) is 12.4. The predicted octanol–water partition coefficient (Wildman–Crippen LogP) is 5.38. The number of hydrogen-bond acceptors (Lipinski definition) is 8. The van der Waals surface area contributed by atoms with Crippen LogP contribution in [-0.4, -0.2) is 62.7 Å². The monoisotopic (exact) mass is 617 g/mol. The Bertz CT molecular complexity index is 1770. The van der Waals surface area contributed by atoms with Crippen LogP contribution in [0.3, 0.4) is 0 Å². The minimum absolute atomic E-state index is 0.109. The van der Waals surface area contributed by atoms with E-state index in [1.54, 1.807) is 0 Å². The number of sulfonamides is 1. The highest BCUT2D eigenvalue weighted by Crippen LogP contribution is 2.40. The first kappa shape index (κ1) is 29.9. The lowest BCUT2D eigenvalue weighted by molar-refractivity contribution is 0.180. The number of aliphatic hydroxyl groups excluding tert-OH is 1. The van der Waals surface area contributed by atoms with Gasteiger partial charge in [0.05, 0.1) is 29.4 Å². The first-order valence-corrected chi connectivity index (χ1v) is 15.1. The molecule has 0 aliphatic heterocycles. The first-order chi connectivity index (χ1) is 20.0. The number of aliphatic hydroxyl groups is 1. The largest absolute Gasteiger partial charge is 0.494 e. The van der Waals surface area contributed by atoms with E-state index in [1.807, 2.05) is 14.1 Å². The van der Waals surface area contributed by atoms with Crippen LogP contribution in [0, 0.1) is 11.6 Å². The molecule has 1 unspecified atom stereocenters. The minimum atomic E-state index is -4.35. The maximum Gasteiger partial charge on any atom is 0.262 e. The van der Waals surface area contributed by atoms with Gasteiger partial charge in [0.1, 0.15) is 17.1 Å². The summed E-state index contributed by atoms with van der Waals surface area (Å²) in [6.07, 6.45) is 2.22. The van der Waals surface area contributed by atoms with Crippen molar-refractivity contribution in [3.63, 3.8) is 0 Å². The lowest BCUT2D eigenvalue weighted by Gasteiger charge is -2.16. The van der Waals surface area contributed by atoms with Gasteiger partial charge in [-0.05, 0) is 93.0 Å². The number of hydrogen-bond donors (Lipinski definition) is 3. The Labute approximate surface area is 247 Å². The molecule has 42 heavy (non-hydrogen) atoms. The molecule has 1 atom stereocenters. The summed E-state index contributed by atoms with van der Waals surface area (Å²) in [5.74, 6) is -1.36. The van der Waals surface area contributed by atoms with Crippen LogP contribution < -0.4 is 14.8 Å². The van der Waals surface area contributed by atoms with Crippen LogP contribution in [0.1, 0.15) is 30.1 Å². The summed E-state index contributed by atoms with van der Waals surface area (Å²) in [5.41, 5.74) is 0.478. The maximum absolute atomic E-state index is 15.9. The third kappa shape index (κ3) is 5.98. The van der Waals surface area contributed by atoms with Crippen LogP contribution >= 0.6 is 11.6 Å². The molecular formula is C29H30ClF2N5O4S. The summed E-state index contributed by atoms with van der Waals surface area (Å²) in [5, 5.41) is 14.0. The Hall–Kier alpha value is -3.58. The summed E-state index contributed by atoms with van der Waals surface area (Å²) >= 11 is 6.13. The van der Waals surface area contributed by atoms with Crippen molar-refractivity contribution in [2.75, 3.05) is 44.3 Å². The van der Waals surface area contributed by atoms with Gasteiger partial charge in [-0.1, -0.05) is 11.6 Å². The molecule has 5 rings (SSSR count). The SMILES string of the molecule is COc1cc(-c2c(F)ccc(NS(=O)(=O)c3cc(Cl)cc4c3CCC4O)c2F)cc2cnc(NCCCN(C)C)nc12. The van der Waals surface area contributed by atoms with Gasteiger partial charge in [0, 0.05) is 23.2 Å². The van der Waals surface area contributed by atoms with E-state index in [4.69, 9.17) is 16.3 Å². The van der Waals surface area contributed by atoms with Gasteiger partial charge in [0.15, 0.2) is 5.82 Å². The molecule has 0 saturated heterocycles. The van der Waals surface area contributed by atoms with Crippen LogP contribution in [0.2, 0.25) is 5.02 Å². The Kier molecular flexibility index (Phi) is 8.51. The van der Waals surface area contributed by atoms with Gasteiger partial charge < -0.3 is 20.1 Å². The van der Waals surface area contributed by atoms with Gasteiger partial charge in [-0.25, -0.2) is 27.2 Å². The molecule has 222 valence electrons. The number of nitrogens with zero attached hydrogens (tertiary/aromatic N) is 3. The highest BCUT2D eigenvalue weighted by atomic mass is 35.5. The molecule has 3 aromatic carbocycles. The zero-order valence-corrected chi connectivity index (χ0v) is 24.8. The molecule has 1 heterocycles. The van der Waals surface area contributed by atoms with Gasteiger partial charge in [-0.3, -0.25) is 4.72 Å². The summed E-state index contributed by atoms with van der Waals surface area (Å²) < 4.78 is 65.5. The van der Waals surface area contributed by atoms with E-state index in [9.17, 15) is 13.5 Å². The van der Waals surface area contributed by atoms with Crippen molar-refractivity contribution >= 4 is 44.2 Å². The second-order valence-electron chi connectivity index (χ2n) is 10.3. The molecule has 0 amide bonds. The molecular weight excluding hydrogens is 588 g/mol. The fourth-order valence-corrected chi connectivity index (χ4v) is 6.74. The number of methoxy groups -OCH3 is 1. The zero-order valence-electron chi connectivity index (χ0n) is 23.2. The molecule has 4 aromatic rings. The molecule has 0 radical (unpaired) electrons. The van der Waals surface area contributed by atoms with Crippen molar-refractivity contribution in [3.8, 4) is 16.9 Å². The number of fused-ring (bicyclic) bond motifs is 2. The molecule has 13 heteroatoms. The smallest absolute Gasteiger partial charge is 0.262 e. The van der Waals surface area contributed by atoms with E-state index >= 15 is 8.78 Å². The summed E-state index contributed by atoms with van der Waals surface area (Å²) in [4.78, 5) is 10.7. The van der Waals surface area contributed by atoms with Gasteiger partial charge >= 0.3 is 0 Å². The molecule has 9 nitrogen and oxygen atoms in total. The Balaban J connectivity index is 1.49. The molecule has 0 spiro atoms. The Morgan fingerprint density at radius 3 is 2.71 bits per heavy atom. The van der Waals surface area contributed by atoms with Crippen molar-refractivity contribution in [3.05, 3.63) is 70.4 Å².